The van der Waals surface area contributed by atoms with E-state index in [9.17, 15) is 29.3 Å². The molecule has 2 fully saturated rings. The van der Waals surface area contributed by atoms with Gasteiger partial charge in [-0.1, -0.05) is 48.2 Å². The summed E-state index contributed by atoms with van der Waals surface area (Å²) in [5.41, 5.74) is -0.386. The molecular weight excluding hydrogens is 485 g/mol. The van der Waals surface area contributed by atoms with Crippen LogP contribution in [0.5, 0.6) is 0 Å². The number of nitro benzene ring substituents is 1. The molecule has 1 heterocycles. The van der Waals surface area contributed by atoms with Gasteiger partial charge in [-0.3, -0.25) is 29.3 Å². The number of Topliss-reactive ketones (excluding diaryl/α,β-unsaturated/α-hetero) is 1. The number of nitro groups is 1. The van der Waals surface area contributed by atoms with Crippen LogP contribution in [0.2, 0.25) is 10.0 Å². The Morgan fingerprint density at radius 2 is 1.68 bits per heavy atom. The van der Waals surface area contributed by atoms with Crippen LogP contribution in [0, 0.1) is 22.0 Å². The van der Waals surface area contributed by atoms with Gasteiger partial charge in [-0.25, -0.2) is 5.01 Å². The molecule has 0 unspecified atom stereocenters. The van der Waals surface area contributed by atoms with Gasteiger partial charge in [0, 0.05) is 22.7 Å². The molecule has 0 bridgehead atoms. The standard InChI is InChI=1S/C23H19Cl2N3O6/c24-14-8-9-18(19(25)11-14)21(30)26(12-20(29)13-4-3-5-15(10-13)28(33)34)27-22(31)16-6-1-2-7-17(16)23(27)32/h3-5,8-11,16-17H,1-2,6-7,12H2/t16-,17+. The highest BCUT2D eigenvalue weighted by Gasteiger charge is 2.52. The van der Waals surface area contributed by atoms with E-state index >= 15 is 0 Å². The molecule has 2 aromatic rings. The minimum atomic E-state index is -0.833. The largest absolute Gasteiger partial charge is 0.292 e. The molecule has 176 valence electrons. The van der Waals surface area contributed by atoms with E-state index in [-0.39, 0.29) is 26.9 Å². The van der Waals surface area contributed by atoms with E-state index in [0.717, 1.165) is 28.9 Å². The van der Waals surface area contributed by atoms with Crippen LogP contribution in [-0.4, -0.2) is 45.0 Å². The second kappa shape index (κ2) is 9.52. The lowest BCUT2D eigenvalue weighted by atomic mass is 9.81. The smallest absolute Gasteiger partial charge is 0.274 e. The van der Waals surface area contributed by atoms with Crippen LogP contribution in [0.15, 0.2) is 42.5 Å². The average molecular weight is 504 g/mol. The molecule has 1 saturated carbocycles. The quantitative estimate of drug-likeness (QED) is 0.250. The lowest BCUT2D eigenvalue weighted by molar-refractivity contribution is -0.384. The molecular formula is C23H19Cl2N3O6. The SMILES string of the molecule is O=C(CN(C(=O)c1ccc(Cl)cc1Cl)N1C(=O)[C@H]2CCCC[C@H]2C1=O)c1cccc([N+](=O)[O-])c1. The maximum absolute atomic E-state index is 13.5. The first kappa shape index (κ1) is 23.8. The maximum atomic E-state index is 13.5. The molecule has 0 spiro atoms. The number of carbonyl (C=O) groups excluding carboxylic acids is 4. The van der Waals surface area contributed by atoms with Crippen molar-refractivity contribution in [3.05, 3.63) is 73.8 Å². The van der Waals surface area contributed by atoms with Crippen molar-refractivity contribution >= 4 is 52.4 Å². The Balaban J connectivity index is 1.72. The van der Waals surface area contributed by atoms with Crippen molar-refractivity contribution in [2.75, 3.05) is 6.54 Å². The summed E-state index contributed by atoms with van der Waals surface area (Å²) in [6.07, 6.45) is 2.62. The number of amides is 3. The molecule has 0 aromatic heterocycles. The predicted octanol–water partition coefficient (Wildman–Crippen LogP) is 4.32. The Bertz CT molecular complexity index is 1190. The van der Waals surface area contributed by atoms with Crippen LogP contribution in [-0.2, 0) is 9.59 Å². The number of ketones is 1. The fraction of sp³-hybridized carbons (Fsp3) is 0.304. The van der Waals surface area contributed by atoms with Crippen LogP contribution < -0.4 is 0 Å². The Hall–Kier alpha value is -3.30. The number of nitrogens with zero attached hydrogens (tertiary/aromatic N) is 3. The van der Waals surface area contributed by atoms with Crippen LogP contribution in [0.3, 0.4) is 0 Å². The molecule has 4 rings (SSSR count). The molecule has 1 saturated heterocycles. The van der Waals surface area contributed by atoms with Crippen molar-refractivity contribution in [1.29, 1.82) is 0 Å². The zero-order valence-electron chi connectivity index (χ0n) is 17.8. The van der Waals surface area contributed by atoms with E-state index in [0.29, 0.717) is 12.8 Å². The normalized spacial score (nSPS) is 19.6. The number of hydrogen-bond acceptors (Lipinski definition) is 6. The summed E-state index contributed by atoms with van der Waals surface area (Å²) in [6, 6.07) is 9.11. The Morgan fingerprint density at radius 1 is 1.03 bits per heavy atom. The molecule has 11 heteroatoms. The van der Waals surface area contributed by atoms with Gasteiger partial charge in [0.2, 0.25) is 0 Å². The summed E-state index contributed by atoms with van der Waals surface area (Å²) in [6.45, 7) is -0.685. The topological polar surface area (TPSA) is 118 Å². The summed E-state index contributed by atoms with van der Waals surface area (Å²) < 4.78 is 0. The number of halogens is 2. The molecule has 1 aliphatic carbocycles. The summed E-state index contributed by atoms with van der Waals surface area (Å²) in [5.74, 6) is -3.70. The van der Waals surface area contributed by atoms with Gasteiger partial charge in [-0.15, -0.1) is 0 Å². The van der Waals surface area contributed by atoms with Crippen LogP contribution in [0.1, 0.15) is 46.4 Å². The molecule has 34 heavy (non-hydrogen) atoms. The van der Waals surface area contributed by atoms with Crippen LogP contribution in [0.4, 0.5) is 5.69 Å². The monoisotopic (exact) mass is 503 g/mol. The first-order valence-electron chi connectivity index (χ1n) is 10.6. The van der Waals surface area contributed by atoms with Crippen molar-refractivity contribution in [3.8, 4) is 0 Å². The number of carbonyl (C=O) groups is 4. The highest BCUT2D eigenvalue weighted by atomic mass is 35.5. The third-order valence-corrected chi connectivity index (χ3v) is 6.68. The van der Waals surface area contributed by atoms with E-state index in [1.54, 1.807) is 0 Å². The highest BCUT2D eigenvalue weighted by Crippen LogP contribution is 2.39. The number of fused-ring (bicyclic) bond motifs is 1. The van der Waals surface area contributed by atoms with E-state index in [1.165, 1.54) is 36.4 Å². The molecule has 3 amide bonds. The number of hydrogen-bond donors (Lipinski definition) is 0. The minimum Gasteiger partial charge on any atom is -0.292 e. The second-order valence-electron chi connectivity index (χ2n) is 8.20. The van der Waals surface area contributed by atoms with E-state index < -0.39 is 46.8 Å². The third kappa shape index (κ3) is 4.41. The first-order valence-corrected chi connectivity index (χ1v) is 11.4. The summed E-state index contributed by atoms with van der Waals surface area (Å²) in [4.78, 5) is 63.4. The number of imide groups is 1. The Morgan fingerprint density at radius 3 is 2.26 bits per heavy atom. The van der Waals surface area contributed by atoms with Crippen molar-refractivity contribution in [2.45, 2.75) is 25.7 Å². The van der Waals surface area contributed by atoms with Gasteiger partial charge in [0.15, 0.2) is 5.78 Å². The van der Waals surface area contributed by atoms with Gasteiger partial charge in [0.25, 0.3) is 23.4 Å². The Labute approximate surface area is 204 Å². The number of benzene rings is 2. The fourth-order valence-electron chi connectivity index (χ4n) is 4.44. The fourth-order valence-corrected chi connectivity index (χ4v) is 4.93. The predicted molar refractivity (Wildman–Crippen MR) is 122 cm³/mol. The molecule has 0 radical (unpaired) electrons. The third-order valence-electron chi connectivity index (χ3n) is 6.13. The van der Waals surface area contributed by atoms with E-state index in [4.69, 9.17) is 23.2 Å². The van der Waals surface area contributed by atoms with Crippen molar-refractivity contribution in [1.82, 2.24) is 10.0 Å². The zero-order valence-corrected chi connectivity index (χ0v) is 19.3. The summed E-state index contributed by atoms with van der Waals surface area (Å²) >= 11 is 12.1. The zero-order chi connectivity index (χ0) is 24.6. The lowest BCUT2D eigenvalue weighted by Crippen LogP contribution is -2.52. The van der Waals surface area contributed by atoms with E-state index in [1.807, 2.05) is 0 Å². The van der Waals surface area contributed by atoms with Gasteiger partial charge < -0.3 is 0 Å². The maximum Gasteiger partial charge on any atom is 0.274 e. The van der Waals surface area contributed by atoms with Gasteiger partial charge in [-0.05, 0) is 31.0 Å². The van der Waals surface area contributed by atoms with Gasteiger partial charge in [-0.2, -0.15) is 5.01 Å². The Kier molecular flexibility index (Phi) is 6.67. The summed E-state index contributed by atoms with van der Waals surface area (Å²) in [7, 11) is 0. The van der Waals surface area contributed by atoms with Crippen molar-refractivity contribution in [2.24, 2.45) is 11.8 Å². The van der Waals surface area contributed by atoms with Crippen molar-refractivity contribution < 1.29 is 24.1 Å². The van der Waals surface area contributed by atoms with Gasteiger partial charge in [0.05, 0.1) is 27.3 Å². The lowest BCUT2D eigenvalue weighted by Gasteiger charge is -2.30. The molecule has 2 aliphatic rings. The van der Waals surface area contributed by atoms with Gasteiger partial charge in [0.1, 0.15) is 6.54 Å². The molecule has 2 aromatic carbocycles. The highest BCUT2D eigenvalue weighted by molar-refractivity contribution is 6.36. The van der Waals surface area contributed by atoms with E-state index in [2.05, 4.69) is 0 Å². The second-order valence-corrected chi connectivity index (χ2v) is 9.05. The average Bonchev–Trinajstić information content (AvgIpc) is 3.07. The minimum absolute atomic E-state index is 0.0122. The molecule has 2 atom stereocenters. The summed E-state index contributed by atoms with van der Waals surface area (Å²) in [5, 5.41) is 12.9. The van der Waals surface area contributed by atoms with Gasteiger partial charge >= 0.3 is 0 Å². The molecule has 0 N–H and O–H groups in total. The number of rotatable bonds is 6. The first-order chi connectivity index (χ1) is 16.2. The molecule has 9 nitrogen and oxygen atoms in total. The van der Waals surface area contributed by atoms with Crippen LogP contribution >= 0.6 is 23.2 Å². The molecule has 1 aliphatic heterocycles. The van der Waals surface area contributed by atoms with Crippen molar-refractivity contribution in [3.63, 3.8) is 0 Å². The number of non-ortho nitro benzene ring substituents is 1. The number of hydrazine groups is 1. The van der Waals surface area contributed by atoms with Crippen LogP contribution in [0.25, 0.3) is 0 Å².